The van der Waals surface area contributed by atoms with Gasteiger partial charge < -0.3 is 20.7 Å². The van der Waals surface area contributed by atoms with Crippen LogP contribution in [-0.2, 0) is 4.74 Å². The number of rotatable bonds is 2. The number of nitrogens with two attached hydrogens (primary N) is 1. The number of hydrogen-bond acceptors (Lipinski definition) is 6. The van der Waals surface area contributed by atoms with E-state index in [1.54, 1.807) is 6.92 Å². The molecule has 0 aliphatic carbocycles. The minimum atomic E-state index is -1.70. The minimum absolute atomic E-state index is 0.0558. The van der Waals surface area contributed by atoms with E-state index >= 15 is 0 Å². The molecule has 1 saturated heterocycles. The molecule has 7 nitrogen and oxygen atoms in total. The largest absolute Gasteiger partial charge is 0.391 e. The first-order valence-electron chi connectivity index (χ1n) is 6.26. The quantitative estimate of drug-likeness (QED) is 0.496. The van der Waals surface area contributed by atoms with Crippen molar-refractivity contribution in [3.8, 4) is 12.3 Å². The molecule has 1 aromatic rings. The molecule has 0 bridgehead atoms. The van der Waals surface area contributed by atoms with Gasteiger partial charge in [-0.25, -0.2) is 4.79 Å². The maximum Gasteiger partial charge on any atom is 0.351 e. The Balaban J connectivity index is 2.59. The lowest BCUT2D eigenvalue weighted by molar-refractivity contribution is -0.0777. The predicted octanol–water partition coefficient (Wildman–Crippen LogP) is -0.616. The number of alkyl halides is 1. The summed E-state index contributed by atoms with van der Waals surface area (Å²) in [5.41, 5.74) is 5.23. The van der Waals surface area contributed by atoms with E-state index in [0.29, 0.717) is 5.69 Å². The van der Waals surface area contributed by atoms with Crippen molar-refractivity contribution in [2.24, 2.45) is 0 Å². The molecule has 1 aliphatic rings. The molecule has 1 fully saturated rings. The molecule has 5 atom stereocenters. The van der Waals surface area contributed by atoms with E-state index in [9.17, 15) is 15.0 Å². The maximum absolute atomic E-state index is 12.1. The van der Waals surface area contributed by atoms with E-state index in [1.165, 1.54) is 13.0 Å². The van der Waals surface area contributed by atoms with Gasteiger partial charge in [0.25, 0.3) is 0 Å². The van der Waals surface area contributed by atoms with Crippen molar-refractivity contribution >= 4 is 17.4 Å². The Morgan fingerprint density at radius 3 is 2.81 bits per heavy atom. The fourth-order valence-electron chi connectivity index (χ4n) is 2.41. The second-order valence-corrected chi connectivity index (χ2v) is 5.65. The molecule has 114 valence electrons. The summed E-state index contributed by atoms with van der Waals surface area (Å²) in [5.74, 6) is 2.31. The molecular formula is C13H16ClN3O4. The smallest absolute Gasteiger partial charge is 0.351 e. The van der Waals surface area contributed by atoms with Crippen LogP contribution in [0.4, 0.5) is 5.82 Å². The van der Waals surface area contributed by atoms with Gasteiger partial charge >= 0.3 is 5.69 Å². The molecule has 2 heterocycles. The first-order chi connectivity index (χ1) is 9.72. The van der Waals surface area contributed by atoms with Crippen molar-refractivity contribution < 1.29 is 14.9 Å². The first kappa shape index (κ1) is 15.8. The van der Waals surface area contributed by atoms with Gasteiger partial charge in [0.15, 0.2) is 11.1 Å². The van der Waals surface area contributed by atoms with Crippen LogP contribution in [0.1, 0.15) is 18.8 Å². The average molecular weight is 314 g/mol. The van der Waals surface area contributed by atoms with Crippen LogP contribution in [-0.4, -0.2) is 43.0 Å². The number of aromatic nitrogens is 2. The molecule has 1 aromatic heterocycles. The fraction of sp³-hybridized carbons (Fsp3) is 0.538. The van der Waals surface area contributed by atoms with Gasteiger partial charge in [0.05, 0.1) is 6.10 Å². The first-order valence-corrected chi connectivity index (χ1v) is 6.64. The zero-order chi connectivity index (χ0) is 15.9. The van der Waals surface area contributed by atoms with Gasteiger partial charge in [0.1, 0.15) is 18.0 Å². The molecule has 2 unspecified atom stereocenters. The van der Waals surface area contributed by atoms with E-state index in [4.69, 9.17) is 28.5 Å². The zero-order valence-corrected chi connectivity index (χ0v) is 12.3. The van der Waals surface area contributed by atoms with Crippen LogP contribution < -0.4 is 11.4 Å². The van der Waals surface area contributed by atoms with Crippen molar-refractivity contribution in [2.45, 2.75) is 43.3 Å². The van der Waals surface area contributed by atoms with Gasteiger partial charge in [-0.2, -0.15) is 4.98 Å². The van der Waals surface area contributed by atoms with Crippen LogP contribution in [0.25, 0.3) is 0 Å². The summed E-state index contributed by atoms with van der Waals surface area (Å²) >= 11 is 6.29. The van der Waals surface area contributed by atoms with E-state index in [1.807, 2.05) is 0 Å². The summed E-state index contributed by atoms with van der Waals surface area (Å²) in [6.45, 7) is 3.04. The molecule has 2 rings (SSSR count). The summed E-state index contributed by atoms with van der Waals surface area (Å²) in [6.07, 6.45) is 0.858. The molecule has 4 N–H and O–H groups in total. The third-order valence-corrected chi connectivity index (χ3v) is 4.01. The second kappa shape index (κ2) is 5.31. The Kier molecular flexibility index (Phi) is 4.00. The lowest BCUT2D eigenvalue weighted by Crippen LogP contribution is -2.45. The van der Waals surface area contributed by atoms with Gasteiger partial charge in [-0.15, -0.1) is 6.42 Å². The van der Waals surface area contributed by atoms with Crippen molar-refractivity contribution in [3.05, 3.63) is 22.2 Å². The van der Waals surface area contributed by atoms with Crippen molar-refractivity contribution in [1.29, 1.82) is 0 Å². The Labute approximate surface area is 126 Å². The minimum Gasteiger partial charge on any atom is -0.391 e. The number of halogens is 1. The van der Waals surface area contributed by atoms with Crippen molar-refractivity contribution in [2.75, 3.05) is 5.73 Å². The molecule has 0 spiro atoms. The van der Waals surface area contributed by atoms with Gasteiger partial charge in [-0.05, 0) is 19.9 Å². The summed E-state index contributed by atoms with van der Waals surface area (Å²) < 4.78 is 6.66. The van der Waals surface area contributed by atoms with Gasteiger partial charge in [-0.3, -0.25) is 4.57 Å². The normalized spacial score (nSPS) is 33.6. The van der Waals surface area contributed by atoms with Crippen LogP contribution >= 0.6 is 11.6 Å². The highest BCUT2D eigenvalue weighted by Gasteiger charge is 2.57. The molecular weight excluding hydrogens is 298 g/mol. The highest BCUT2D eigenvalue weighted by Crippen LogP contribution is 2.43. The molecule has 8 heteroatoms. The monoisotopic (exact) mass is 313 g/mol. The van der Waals surface area contributed by atoms with Crippen LogP contribution in [0, 0.1) is 19.3 Å². The summed E-state index contributed by atoms with van der Waals surface area (Å²) in [6, 6.07) is 1.46. The topological polar surface area (TPSA) is 111 Å². The SMILES string of the molecule is C#CC1(Cl)C(O)[C@@H]([C@@H](C)O)O[C@H]1n1c(C)cc(N)nc1=O. The highest BCUT2D eigenvalue weighted by molar-refractivity contribution is 6.27. The number of aliphatic hydroxyl groups excluding tert-OH is 2. The van der Waals surface area contributed by atoms with Crippen LogP contribution in [0.15, 0.2) is 10.9 Å². The Morgan fingerprint density at radius 2 is 2.33 bits per heavy atom. The highest BCUT2D eigenvalue weighted by atomic mass is 35.5. The molecule has 1 aliphatic heterocycles. The second-order valence-electron chi connectivity index (χ2n) is 5.03. The molecule has 21 heavy (non-hydrogen) atoms. The number of nitrogen functional groups attached to an aromatic ring is 1. The lowest BCUT2D eigenvalue weighted by Gasteiger charge is -2.26. The van der Waals surface area contributed by atoms with Crippen molar-refractivity contribution in [3.63, 3.8) is 0 Å². The van der Waals surface area contributed by atoms with Crippen LogP contribution in [0.2, 0.25) is 0 Å². The number of aliphatic hydroxyl groups is 2. The summed E-state index contributed by atoms with van der Waals surface area (Å²) in [4.78, 5) is 14.0. The number of ether oxygens (including phenoxy) is 1. The van der Waals surface area contributed by atoms with Gasteiger partial charge in [0, 0.05) is 5.69 Å². The van der Waals surface area contributed by atoms with Crippen LogP contribution in [0.5, 0.6) is 0 Å². The van der Waals surface area contributed by atoms with Crippen molar-refractivity contribution in [1.82, 2.24) is 9.55 Å². The number of hydrogen-bond donors (Lipinski definition) is 3. The summed E-state index contributed by atoms with van der Waals surface area (Å²) in [7, 11) is 0. The summed E-state index contributed by atoms with van der Waals surface area (Å²) in [5, 5.41) is 19.9. The number of nitrogens with zero attached hydrogens (tertiary/aromatic N) is 2. The molecule has 0 amide bonds. The molecule has 0 saturated carbocycles. The third-order valence-electron chi connectivity index (χ3n) is 3.49. The number of terminal acetylenes is 1. The van der Waals surface area contributed by atoms with Gasteiger partial charge in [-0.1, -0.05) is 17.5 Å². The molecule has 0 radical (unpaired) electrons. The van der Waals surface area contributed by atoms with E-state index in [0.717, 1.165) is 4.57 Å². The third kappa shape index (κ3) is 2.40. The number of anilines is 1. The van der Waals surface area contributed by atoms with E-state index < -0.39 is 35.1 Å². The fourth-order valence-corrected chi connectivity index (χ4v) is 2.68. The Morgan fingerprint density at radius 1 is 1.71 bits per heavy atom. The van der Waals surface area contributed by atoms with Crippen LogP contribution in [0.3, 0.4) is 0 Å². The Hall–Kier alpha value is -1.59. The molecule has 0 aromatic carbocycles. The number of aryl methyl sites for hydroxylation is 1. The average Bonchev–Trinajstić information content (AvgIpc) is 2.63. The predicted molar refractivity (Wildman–Crippen MR) is 76.7 cm³/mol. The maximum atomic E-state index is 12.1. The van der Waals surface area contributed by atoms with E-state index in [2.05, 4.69) is 10.9 Å². The zero-order valence-electron chi connectivity index (χ0n) is 11.5. The lowest BCUT2D eigenvalue weighted by atomic mass is 9.97. The standard InChI is InChI=1S/C13H16ClN3O4/c1-4-13(14)10(19)9(7(3)18)21-11(13)17-6(2)5-8(15)16-12(17)20/h1,5,7,9-11,18-19H,2-3H3,(H2,15,16,20)/t7-,9-,10?,11-,13?/m1/s1. The Bertz CT molecular complexity index is 654. The van der Waals surface area contributed by atoms with Gasteiger partial charge in [0.2, 0.25) is 0 Å². The van der Waals surface area contributed by atoms with E-state index in [-0.39, 0.29) is 5.82 Å².